The van der Waals surface area contributed by atoms with Gasteiger partial charge in [0.15, 0.2) is 5.69 Å². The van der Waals surface area contributed by atoms with Crippen molar-refractivity contribution in [3.8, 4) is 0 Å². The minimum absolute atomic E-state index is 0.315. The summed E-state index contributed by atoms with van der Waals surface area (Å²) in [5, 5.41) is 8.16. The molecule has 0 saturated heterocycles. The molecule has 0 saturated carbocycles. The molecule has 120 valence electrons. The first-order chi connectivity index (χ1) is 11.7. The van der Waals surface area contributed by atoms with Crippen molar-refractivity contribution in [2.75, 3.05) is 0 Å². The molecule has 24 heavy (non-hydrogen) atoms. The first-order valence-corrected chi connectivity index (χ1v) is 8.01. The van der Waals surface area contributed by atoms with E-state index in [9.17, 15) is 4.79 Å². The third-order valence-electron chi connectivity index (χ3n) is 3.20. The highest BCUT2D eigenvalue weighted by molar-refractivity contribution is 9.10. The zero-order chi connectivity index (χ0) is 16.8. The van der Waals surface area contributed by atoms with E-state index in [1.54, 1.807) is 35.4 Å². The van der Waals surface area contributed by atoms with Gasteiger partial charge in [-0.3, -0.25) is 14.5 Å². The molecule has 2 aromatic heterocycles. The Morgan fingerprint density at radius 2 is 2.08 bits per heavy atom. The summed E-state index contributed by atoms with van der Waals surface area (Å²) in [6.07, 6.45) is 6.63. The predicted octanol–water partition coefficient (Wildman–Crippen LogP) is 2.85. The quantitative estimate of drug-likeness (QED) is 0.543. The molecule has 1 amide bonds. The van der Waals surface area contributed by atoms with Crippen molar-refractivity contribution in [3.63, 3.8) is 0 Å². The summed E-state index contributed by atoms with van der Waals surface area (Å²) in [5.41, 5.74) is 4.67. The molecule has 0 radical (unpaired) electrons. The molecule has 7 heteroatoms. The summed E-state index contributed by atoms with van der Waals surface area (Å²) < 4.78 is 2.74. The van der Waals surface area contributed by atoms with Gasteiger partial charge in [-0.1, -0.05) is 34.1 Å². The number of hydrogen-bond donors (Lipinski definition) is 1. The number of carbonyl (C=O) groups excluding carboxylic acids is 1. The SMILES string of the molecule is O=C(N/N=C/c1cccnc1)c1ccn(Cc2ccc(Br)cc2)n1. The summed E-state index contributed by atoms with van der Waals surface area (Å²) in [7, 11) is 0. The maximum absolute atomic E-state index is 12.0. The Bertz CT molecular complexity index is 843. The van der Waals surface area contributed by atoms with Crippen LogP contribution in [0.4, 0.5) is 0 Å². The number of hydrazone groups is 1. The number of hydrogen-bond acceptors (Lipinski definition) is 4. The fraction of sp³-hybridized carbons (Fsp3) is 0.0588. The van der Waals surface area contributed by atoms with Gasteiger partial charge in [0, 0.05) is 28.6 Å². The minimum atomic E-state index is -0.357. The van der Waals surface area contributed by atoms with Crippen molar-refractivity contribution in [1.82, 2.24) is 20.2 Å². The topological polar surface area (TPSA) is 72.2 Å². The summed E-state index contributed by atoms with van der Waals surface area (Å²) >= 11 is 3.40. The molecule has 0 atom stereocenters. The number of amides is 1. The lowest BCUT2D eigenvalue weighted by Gasteiger charge is -2.02. The normalized spacial score (nSPS) is 10.9. The maximum Gasteiger partial charge on any atom is 0.291 e. The van der Waals surface area contributed by atoms with Crippen LogP contribution in [0.3, 0.4) is 0 Å². The van der Waals surface area contributed by atoms with Crippen LogP contribution in [0, 0.1) is 0 Å². The van der Waals surface area contributed by atoms with E-state index in [1.807, 2.05) is 30.3 Å². The van der Waals surface area contributed by atoms with Crippen molar-refractivity contribution in [3.05, 3.63) is 82.3 Å². The molecule has 0 spiro atoms. The number of nitrogens with one attached hydrogen (secondary N) is 1. The van der Waals surface area contributed by atoms with Crippen molar-refractivity contribution < 1.29 is 4.79 Å². The molecule has 0 aliphatic carbocycles. The highest BCUT2D eigenvalue weighted by atomic mass is 79.9. The zero-order valence-corrected chi connectivity index (χ0v) is 14.2. The van der Waals surface area contributed by atoms with Crippen LogP contribution in [0.15, 0.2) is 70.6 Å². The second-order valence-corrected chi connectivity index (χ2v) is 5.93. The van der Waals surface area contributed by atoms with E-state index in [1.165, 1.54) is 6.21 Å². The Balaban J connectivity index is 1.59. The first kappa shape index (κ1) is 16.1. The van der Waals surface area contributed by atoms with Gasteiger partial charge >= 0.3 is 0 Å². The monoisotopic (exact) mass is 383 g/mol. The highest BCUT2D eigenvalue weighted by Crippen LogP contribution is 2.11. The Hall–Kier alpha value is -2.80. The van der Waals surface area contributed by atoms with E-state index >= 15 is 0 Å². The van der Waals surface area contributed by atoms with E-state index in [4.69, 9.17) is 0 Å². The van der Waals surface area contributed by atoms with Crippen LogP contribution in [0.25, 0.3) is 0 Å². The second kappa shape index (κ2) is 7.65. The van der Waals surface area contributed by atoms with Gasteiger partial charge < -0.3 is 0 Å². The molecule has 6 nitrogen and oxygen atoms in total. The standard InChI is InChI=1S/C17H14BrN5O/c18-15-5-3-13(4-6-15)12-23-9-7-16(22-23)17(24)21-20-11-14-2-1-8-19-10-14/h1-11H,12H2,(H,21,24)/b20-11+. The molecule has 3 aromatic rings. The summed E-state index contributed by atoms with van der Waals surface area (Å²) in [6, 6.07) is 13.3. The van der Waals surface area contributed by atoms with Gasteiger partial charge in [0.05, 0.1) is 12.8 Å². The molecule has 1 N–H and O–H groups in total. The lowest BCUT2D eigenvalue weighted by atomic mass is 10.2. The van der Waals surface area contributed by atoms with Gasteiger partial charge in [0.1, 0.15) is 0 Å². The van der Waals surface area contributed by atoms with Crippen molar-refractivity contribution in [2.45, 2.75) is 6.54 Å². The van der Waals surface area contributed by atoms with E-state index in [0.29, 0.717) is 12.2 Å². The van der Waals surface area contributed by atoms with E-state index in [-0.39, 0.29) is 5.91 Å². The number of carbonyl (C=O) groups is 1. The molecule has 0 bridgehead atoms. The molecule has 2 heterocycles. The third-order valence-corrected chi connectivity index (χ3v) is 3.72. The van der Waals surface area contributed by atoms with Crippen molar-refractivity contribution in [1.29, 1.82) is 0 Å². The van der Waals surface area contributed by atoms with Gasteiger partial charge in [0.2, 0.25) is 0 Å². The van der Waals surface area contributed by atoms with Gasteiger partial charge in [0.25, 0.3) is 5.91 Å². The highest BCUT2D eigenvalue weighted by Gasteiger charge is 2.08. The molecule has 0 aliphatic rings. The lowest BCUT2D eigenvalue weighted by Crippen LogP contribution is -2.18. The number of rotatable bonds is 5. The van der Waals surface area contributed by atoms with Crippen LogP contribution in [-0.4, -0.2) is 26.9 Å². The number of aromatic nitrogens is 3. The Labute approximate surface area is 147 Å². The summed E-state index contributed by atoms with van der Waals surface area (Å²) in [6.45, 7) is 0.597. The minimum Gasteiger partial charge on any atom is -0.268 e. The van der Waals surface area contributed by atoms with E-state index in [0.717, 1.165) is 15.6 Å². The van der Waals surface area contributed by atoms with Gasteiger partial charge in [-0.15, -0.1) is 0 Å². The van der Waals surface area contributed by atoms with Crippen LogP contribution in [0.5, 0.6) is 0 Å². The Morgan fingerprint density at radius 3 is 2.83 bits per heavy atom. The van der Waals surface area contributed by atoms with E-state index in [2.05, 4.69) is 36.5 Å². The van der Waals surface area contributed by atoms with Crippen LogP contribution in [0.2, 0.25) is 0 Å². The van der Waals surface area contributed by atoms with E-state index < -0.39 is 0 Å². The number of benzene rings is 1. The fourth-order valence-corrected chi connectivity index (χ4v) is 2.29. The average molecular weight is 384 g/mol. The Kier molecular flexibility index (Phi) is 5.12. The molecule has 3 rings (SSSR count). The zero-order valence-electron chi connectivity index (χ0n) is 12.6. The van der Waals surface area contributed by atoms with Crippen LogP contribution < -0.4 is 5.43 Å². The smallest absolute Gasteiger partial charge is 0.268 e. The molecular formula is C17H14BrN5O. The number of halogens is 1. The van der Waals surface area contributed by atoms with Crippen LogP contribution in [-0.2, 0) is 6.54 Å². The fourth-order valence-electron chi connectivity index (χ4n) is 2.02. The number of nitrogens with zero attached hydrogens (tertiary/aromatic N) is 4. The van der Waals surface area contributed by atoms with Crippen molar-refractivity contribution in [2.24, 2.45) is 5.10 Å². The second-order valence-electron chi connectivity index (χ2n) is 5.01. The molecular weight excluding hydrogens is 370 g/mol. The molecule has 1 aromatic carbocycles. The van der Waals surface area contributed by atoms with Gasteiger partial charge in [-0.25, -0.2) is 5.43 Å². The van der Waals surface area contributed by atoms with Crippen LogP contribution >= 0.6 is 15.9 Å². The third kappa shape index (κ3) is 4.36. The predicted molar refractivity (Wildman–Crippen MR) is 94.8 cm³/mol. The first-order valence-electron chi connectivity index (χ1n) is 7.22. The molecule has 0 aliphatic heterocycles. The largest absolute Gasteiger partial charge is 0.291 e. The van der Waals surface area contributed by atoms with Gasteiger partial charge in [-0.2, -0.15) is 10.2 Å². The van der Waals surface area contributed by atoms with Crippen LogP contribution in [0.1, 0.15) is 21.6 Å². The van der Waals surface area contributed by atoms with Crippen molar-refractivity contribution >= 4 is 28.1 Å². The molecule has 0 unspecified atom stereocenters. The summed E-state index contributed by atoms with van der Waals surface area (Å²) in [5.74, 6) is -0.357. The lowest BCUT2D eigenvalue weighted by molar-refractivity contribution is 0.0949. The summed E-state index contributed by atoms with van der Waals surface area (Å²) in [4.78, 5) is 16.0. The van der Waals surface area contributed by atoms with Gasteiger partial charge in [-0.05, 0) is 29.8 Å². The molecule has 0 fully saturated rings. The number of pyridine rings is 1. The Morgan fingerprint density at radius 1 is 1.25 bits per heavy atom. The average Bonchev–Trinajstić information content (AvgIpc) is 3.06. The maximum atomic E-state index is 12.0.